The van der Waals surface area contributed by atoms with Gasteiger partial charge in [-0.2, -0.15) is 0 Å². The fourth-order valence-electron chi connectivity index (χ4n) is 2.09. The number of benzene rings is 1. The van der Waals surface area contributed by atoms with E-state index in [-0.39, 0.29) is 18.0 Å². The maximum atomic E-state index is 13.5. The van der Waals surface area contributed by atoms with Crippen LogP contribution in [0.2, 0.25) is 0 Å². The van der Waals surface area contributed by atoms with Gasteiger partial charge in [0.15, 0.2) is 5.78 Å². The quantitative estimate of drug-likeness (QED) is 0.693. The highest BCUT2D eigenvalue weighted by Gasteiger charge is 2.12. The van der Waals surface area contributed by atoms with E-state index in [4.69, 9.17) is 0 Å². The van der Waals surface area contributed by atoms with Crippen LogP contribution >= 0.6 is 0 Å². The Morgan fingerprint density at radius 1 is 1.15 bits per heavy atom. The van der Waals surface area contributed by atoms with Gasteiger partial charge in [-0.05, 0) is 38.7 Å². The molecule has 0 fully saturated rings. The summed E-state index contributed by atoms with van der Waals surface area (Å²) in [7, 11) is 4.04. The Morgan fingerprint density at radius 3 is 2.45 bits per heavy atom. The molecule has 0 saturated carbocycles. The molecular weight excluding hydrogens is 255 g/mol. The van der Waals surface area contributed by atoms with Gasteiger partial charge in [-0.3, -0.25) is 9.69 Å². The number of carbonyl (C=O) groups excluding carboxylic acids is 1. The molecule has 0 N–H and O–H groups in total. The second-order valence-corrected chi connectivity index (χ2v) is 5.39. The van der Waals surface area contributed by atoms with Gasteiger partial charge >= 0.3 is 0 Å². The van der Waals surface area contributed by atoms with E-state index in [0.29, 0.717) is 12.1 Å². The predicted molar refractivity (Wildman–Crippen MR) is 80.4 cm³/mol. The number of carbonyl (C=O) groups is 1. The van der Waals surface area contributed by atoms with Gasteiger partial charge in [-0.25, -0.2) is 4.39 Å². The molecule has 0 radical (unpaired) electrons. The van der Waals surface area contributed by atoms with Gasteiger partial charge in [0, 0.05) is 19.5 Å². The van der Waals surface area contributed by atoms with Crippen LogP contribution in [0.15, 0.2) is 24.3 Å². The highest BCUT2D eigenvalue weighted by Crippen LogP contribution is 2.08. The lowest BCUT2D eigenvalue weighted by Gasteiger charge is -2.22. The van der Waals surface area contributed by atoms with E-state index >= 15 is 0 Å². The van der Waals surface area contributed by atoms with Crippen molar-refractivity contribution in [3.63, 3.8) is 0 Å². The zero-order valence-corrected chi connectivity index (χ0v) is 12.7. The molecule has 0 spiro atoms. The number of hydrogen-bond donors (Lipinski definition) is 0. The second-order valence-electron chi connectivity index (χ2n) is 5.39. The third-order valence-electron chi connectivity index (χ3n) is 3.15. The molecule has 0 heterocycles. The first kappa shape index (κ1) is 16.8. The van der Waals surface area contributed by atoms with Crippen molar-refractivity contribution in [3.8, 4) is 0 Å². The number of Topliss-reactive ketones (excluding diaryl/α,β-unsaturated/α-hetero) is 1. The molecule has 3 nitrogen and oxygen atoms in total. The molecule has 20 heavy (non-hydrogen) atoms. The van der Waals surface area contributed by atoms with Gasteiger partial charge in [0.2, 0.25) is 0 Å². The van der Waals surface area contributed by atoms with Gasteiger partial charge < -0.3 is 4.90 Å². The van der Waals surface area contributed by atoms with Gasteiger partial charge in [-0.15, -0.1) is 0 Å². The van der Waals surface area contributed by atoms with E-state index in [1.54, 1.807) is 18.2 Å². The number of ketones is 1. The molecule has 4 heteroatoms. The average molecular weight is 280 g/mol. The van der Waals surface area contributed by atoms with E-state index in [1.165, 1.54) is 6.07 Å². The Hall–Kier alpha value is -1.26. The average Bonchev–Trinajstić information content (AvgIpc) is 2.39. The molecule has 0 amide bonds. The molecule has 0 aliphatic rings. The van der Waals surface area contributed by atoms with Crippen molar-refractivity contribution in [2.24, 2.45) is 0 Å². The SMILES string of the molecule is CCCN(CCN(C)C)CC(=O)Cc1ccccc1F. The van der Waals surface area contributed by atoms with Gasteiger partial charge in [0.25, 0.3) is 0 Å². The minimum atomic E-state index is -0.295. The first-order chi connectivity index (χ1) is 9.52. The van der Waals surface area contributed by atoms with Crippen LogP contribution in [0.25, 0.3) is 0 Å². The fourth-order valence-corrected chi connectivity index (χ4v) is 2.09. The first-order valence-corrected chi connectivity index (χ1v) is 7.15. The lowest BCUT2D eigenvalue weighted by Crippen LogP contribution is -2.36. The Kier molecular flexibility index (Phi) is 7.41. The highest BCUT2D eigenvalue weighted by molar-refractivity contribution is 5.82. The van der Waals surface area contributed by atoms with Crippen LogP contribution in [0.5, 0.6) is 0 Å². The number of nitrogens with zero attached hydrogens (tertiary/aromatic N) is 2. The normalized spacial score (nSPS) is 11.3. The van der Waals surface area contributed by atoms with Gasteiger partial charge in [0.1, 0.15) is 5.82 Å². The van der Waals surface area contributed by atoms with E-state index in [2.05, 4.69) is 16.7 Å². The van der Waals surface area contributed by atoms with Crippen molar-refractivity contribution < 1.29 is 9.18 Å². The summed E-state index contributed by atoms with van der Waals surface area (Å²) >= 11 is 0. The zero-order valence-electron chi connectivity index (χ0n) is 12.7. The maximum Gasteiger partial charge on any atom is 0.151 e. The second kappa shape index (κ2) is 8.82. The van der Waals surface area contributed by atoms with Crippen LogP contribution in [0.3, 0.4) is 0 Å². The lowest BCUT2D eigenvalue weighted by atomic mass is 10.1. The Bertz CT molecular complexity index is 421. The molecular formula is C16H25FN2O. The number of hydrogen-bond acceptors (Lipinski definition) is 3. The maximum absolute atomic E-state index is 13.5. The molecule has 112 valence electrons. The largest absolute Gasteiger partial charge is 0.308 e. The third-order valence-corrected chi connectivity index (χ3v) is 3.15. The first-order valence-electron chi connectivity index (χ1n) is 7.15. The van der Waals surface area contributed by atoms with Crippen LogP contribution in [-0.2, 0) is 11.2 Å². The van der Waals surface area contributed by atoms with Crippen molar-refractivity contribution in [3.05, 3.63) is 35.6 Å². The molecule has 0 bridgehead atoms. The molecule has 1 aromatic carbocycles. The van der Waals surface area contributed by atoms with Gasteiger partial charge in [-0.1, -0.05) is 25.1 Å². The Labute approximate surface area is 121 Å². The molecule has 0 aliphatic heterocycles. The molecule has 0 aromatic heterocycles. The van der Waals surface area contributed by atoms with Crippen LogP contribution in [0.1, 0.15) is 18.9 Å². The summed E-state index contributed by atoms with van der Waals surface area (Å²) in [4.78, 5) is 16.3. The summed E-state index contributed by atoms with van der Waals surface area (Å²) in [6.07, 6.45) is 1.19. The van der Waals surface area contributed by atoms with Crippen molar-refractivity contribution in [1.29, 1.82) is 0 Å². The molecule has 0 saturated heterocycles. The van der Waals surface area contributed by atoms with Crippen molar-refractivity contribution in [2.75, 3.05) is 40.3 Å². The standard InChI is InChI=1S/C16H25FN2O/c1-4-9-19(11-10-18(2)3)13-15(20)12-14-7-5-6-8-16(14)17/h5-8H,4,9-13H2,1-3H3. The number of rotatable bonds is 9. The van der Waals surface area contributed by atoms with Crippen LogP contribution in [0.4, 0.5) is 4.39 Å². The van der Waals surface area contributed by atoms with Crippen LogP contribution in [0, 0.1) is 5.82 Å². The predicted octanol–water partition coefficient (Wildman–Crippen LogP) is 2.21. The Balaban J connectivity index is 2.51. The van der Waals surface area contributed by atoms with Crippen LogP contribution in [-0.4, -0.2) is 55.9 Å². The lowest BCUT2D eigenvalue weighted by molar-refractivity contribution is -0.119. The van der Waals surface area contributed by atoms with E-state index < -0.39 is 0 Å². The van der Waals surface area contributed by atoms with Gasteiger partial charge in [0.05, 0.1) is 6.54 Å². The van der Waals surface area contributed by atoms with Crippen LogP contribution < -0.4 is 0 Å². The summed E-state index contributed by atoms with van der Waals surface area (Å²) in [6, 6.07) is 6.49. The zero-order chi connectivity index (χ0) is 15.0. The summed E-state index contributed by atoms with van der Waals surface area (Å²) < 4.78 is 13.5. The molecule has 1 aromatic rings. The number of likely N-dealkylation sites (N-methyl/N-ethyl adjacent to an activating group) is 1. The summed E-state index contributed by atoms with van der Waals surface area (Å²) in [6.45, 7) is 5.19. The number of halogens is 1. The molecule has 0 atom stereocenters. The van der Waals surface area contributed by atoms with E-state index in [9.17, 15) is 9.18 Å². The minimum Gasteiger partial charge on any atom is -0.308 e. The third kappa shape index (κ3) is 6.26. The molecule has 0 aliphatic carbocycles. The smallest absolute Gasteiger partial charge is 0.151 e. The molecule has 0 unspecified atom stereocenters. The Morgan fingerprint density at radius 2 is 1.85 bits per heavy atom. The fraction of sp³-hybridized carbons (Fsp3) is 0.562. The summed E-state index contributed by atoms with van der Waals surface area (Å²) in [5, 5.41) is 0. The van der Waals surface area contributed by atoms with Crippen molar-refractivity contribution in [1.82, 2.24) is 9.80 Å². The van der Waals surface area contributed by atoms with E-state index in [1.807, 2.05) is 14.1 Å². The van der Waals surface area contributed by atoms with Crippen molar-refractivity contribution >= 4 is 5.78 Å². The highest BCUT2D eigenvalue weighted by atomic mass is 19.1. The van der Waals surface area contributed by atoms with Crippen molar-refractivity contribution in [2.45, 2.75) is 19.8 Å². The topological polar surface area (TPSA) is 23.6 Å². The summed E-state index contributed by atoms with van der Waals surface area (Å²) in [5.74, 6) is -0.224. The monoisotopic (exact) mass is 280 g/mol. The molecule has 1 rings (SSSR count). The summed E-state index contributed by atoms with van der Waals surface area (Å²) in [5.41, 5.74) is 0.488. The van der Waals surface area contributed by atoms with E-state index in [0.717, 1.165) is 26.1 Å². The minimum absolute atomic E-state index is 0.0716.